The molecule has 11 heteroatoms. The van der Waals surface area contributed by atoms with E-state index in [1.54, 1.807) is 32.3 Å². The van der Waals surface area contributed by atoms with Gasteiger partial charge < -0.3 is 14.6 Å². The molecule has 2 N–H and O–H groups in total. The lowest BCUT2D eigenvalue weighted by Crippen LogP contribution is -2.47. The number of amides is 1. The van der Waals surface area contributed by atoms with Crippen LogP contribution >= 0.6 is 11.6 Å². The van der Waals surface area contributed by atoms with Gasteiger partial charge in [-0.1, -0.05) is 35.4 Å². The number of nitrogens with zero attached hydrogens (tertiary/aromatic N) is 3. The zero-order valence-electron chi connectivity index (χ0n) is 30.1. The Balaban J connectivity index is 1.13. The number of nitrogens with one attached hydrogen (secondary N) is 2. The number of halogens is 1. The summed E-state index contributed by atoms with van der Waals surface area (Å²) in [6, 6.07) is 19.1. The Kier molecular flexibility index (Phi) is 10.2. The van der Waals surface area contributed by atoms with Crippen LogP contribution in [0.5, 0.6) is 11.5 Å². The minimum Gasteiger partial charge on any atom is -0.455 e. The number of sulfonamides is 1. The normalized spacial score (nSPS) is 15.7. The quantitative estimate of drug-likeness (QED) is 0.156. The van der Waals surface area contributed by atoms with Gasteiger partial charge in [0.25, 0.3) is 15.9 Å². The van der Waals surface area contributed by atoms with Gasteiger partial charge in [0.2, 0.25) is 0 Å². The zero-order chi connectivity index (χ0) is 36.6. The first-order valence-electron chi connectivity index (χ1n) is 17.8. The number of benzene rings is 3. The summed E-state index contributed by atoms with van der Waals surface area (Å²) >= 11 is 6.18. The minimum absolute atomic E-state index is 0.109. The van der Waals surface area contributed by atoms with E-state index >= 15 is 0 Å². The van der Waals surface area contributed by atoms with Crippen LogP contribution in [-0.2, 0) is 10.0 Å². The maximum Gasteiger partial charge on any atom is 0.268 e. The molecule has 1 fully saturated rings. The predicted molar refractivity (Wildman–Crippen MR) is 208 cm³/mol. The molecule has 0 radical (unpaired) electrons. The highest BCUT2D eigenvalue weighted by Crippen LogP contribution is 2.35. The molecule has 3 heterocycles. The fourth-order valence-electron chi connectivity index (χ4n) is 7.56. The highest BCUT2D eigenvalue weighted by molar-refractivity contribution is 7.90. The van der Waals surface area contributed by atoms with Crippen LogP contribution in [0.4, 0.5) is 5.69 Å². The number of carbonyl (C=O) groups is 1. The van der Waals surface area contributed by atoms with E-state index in [-0.39, 0.29) is 16.2 Å². The van der Waals surface area contributed by atoms with Crippen LogP contribution in [0.15, 0.2) is 83.5 Å². The summed E-state index contributed by atoms with van der Waals surface area (Å²) in [6.07, 6.45) is 8.02. The number of aromatic nitrogens is 2. The molecule has 7 rings (SSSR count). The molecule has 0 atom stereocenters. The van der Waals surface area contributed by atoms with Crippen LogP contribution in [0.2, 0.25) is 5.02 Å². The first kappa shape index (κ1) is 35.7. The highest BCUT2D eigenvalue weighted by Gasteiger charge is 2.28. The third kappa shape index (κ3) is 7.46. The molecular weight excluding hydrogens is 694 g/mol. The van der Waals surface area contributed by atoms with Crippen molar-refractivity contribution >= 4 is 49.8 Å². The largest absolute Gasteiger partial charge is 0.455 e. The van der Waals surface area contributed by atoms with Crippen molar-refractivity contribution in [3.05, 3.63) is 117 Å². The molecular formula is C41H44ClN5O4S. The Bertz CT molecular complexity index is 2290. The first-order valence-corrected chi connectivity index (χ1v) is 19.7. The number of carbonyl (C=O) groups excluding carboxylic acids is 1. The predicted octanol–water partition coefficient (Wildman–Crippen LogP) is 8.51. The summed E-state index contributed by atoms with van der Waals surface area (Å²) in [7, 11) is -4.19. The zero-order valence-corrected chi connectivity index (χ0v) is 31.6. The number of anilines is 1. The van der Waals surface area contributed by atoms with E-state index in [1.807, 2.05) is 56.3 Å². The van der Waals surface area contributed by atoms with Gasteiger partial charge in [-0.25, -0.2) is 18.1 Å². The number of pyridine rings is 1. The number of piperazine rings is 1. The molecule has 3 aromatic carbocycles. The molecule has 0 spiro atoms. The summed E-state index contributed by atoms with van der Waals surface area (Å²) in [6.45, 7) is 11.7. The summed E-state index contributed by atoms with van der Waals surface area (Å²) in [4.78, 5) is 26.3. The molecule has 1 saturated heterocycles. The monoisotopic (exact) mass is 737 g/mol. The molecule has 1 aliphatic heterocycles. The smallest absolute Gasteiger partial charge is 0.268 e. The van der Waals surface area contributed by atoms with Crippen LogP contribution < -0.4 is 14.4 Å². The maximum absolute atomic E-state index is 13.8. The fourth-order valence-corrected chi connectivity index (χ4v) is 9.18. The van der Waals surface area contributed by atoms with Gasteiger partial charge in [0.1, 0.15) is 17.1 Å². The van der Waals surface area contributed by atoms with Gasteiger partial charge in [-0.2, -0.15) is 0 Å². The molecule has 0 bridgehead atoms. The maximum atomic E-state index is 13.8. The SMILES string of the molecule is Cc1cc(C)c(S(=O)(=O)NC(=O)c2ccc(N3CCN(CC4=C(c5ccc(Cl)cc5)CCCC4)CC3)cc2Oc2cnc3[nH]ccc3c2)c(C)c1C. The van der Waals surface area contributed by atoms with E-state index in [1.165, 1.54) is 29.6 Å². The van der Waals surface area contributed by atoms with Crippen molar-refractivity contribution in [3.8, 4) is 11.5 Å². The van der Waals surface area contributed by atoms with Crippen LogP contribution in [0.1, 0.15) is 63.9 Å². The molecule has 2 aromatic heterocycles. The van der Waals surface area contributed by atoms with Gasteiger partial charge in [0.05, 0.1) is 16.7 Å². The number of rotatable bonds is 9. The number of hydrogen-bond acceptors (Lipinski definition) is 7. The lowest BCUT2D eigenvalue weighted by atomic mass is 9.87. The average molecular weight is 738 g/mol. The molecule has 2 aliphatic rings. The van der Waals surface area contributed by atoms with Gasteiger partial charge in [-0.15, -0.1) is 0 Å². The second-order valence-electron chi connectivity index (χ2n) is 14.0. The summed E-state index contributed by atoms with van der Waals surface area (Å²) < 4.78 is 36.1. The van der Waals surface area contributed by atoms with Crippen molar-refractivity contribution in [1.29, 1.82) is 0 Å². The van der Waals surface area contributed by atoms with Crippen molar-refractivity contribution in [2.45, 2.75) is 58.3 Å². The molecule has 1 amide bonds. The summed E-state index contributed by atoms with van der Waals surface area (Å²) in [5.41, 5.74) is 9.03. The molecule has 52 heavy (non-hydrogen) atoms. The van der Waals surface area contributed by atoms with Crippen molar-refractivity contribution in [1.82, 2.24) is 19.6 Å². The standard InChI is InChI=1S/C41H44ClN5O4S/c1-26-21-27(2)39(29(4)28(26)3)52(49,50)45-41(48)37-14-13-34(23-38(37)51-35-22-31-15-16-43-40(31)44-24-35)47-19-17-46(18-20-47)25-32-7-5-6-8-36(32)30-9-11-33(42)12-10-30/h9-16,21-24H,5-8,17-20,25H2,1-4H3,(H,43,44)(H,45,48). The van der Waals surface area contributed by atoms with Gasteiger partial charge in [0.15, 0.2) is 0 Å². The molecule has 0 unspecified atom stereocenters. The Morgan fingerprint density at radius 2 is 1.65 bits per heavy atom. The first-order chi connectivity index (χ1) is 25.0. The van der Waals surface area contributed by atoms with Gasteiger partial charge in [-0.05, 0) is 123 Å². The number of aromatic amines is 1. The van der Waals surface area contributed by atoms with Crippen LogP contribution in [0.25, 0.3) is 16.6 Å². The third-order valence-corrected chi connectivity index (χ3v) is 12.4. The number of aryl methyl sites for hydroxylation is 2. The Hall–Kier alpha value is -4.64. The highest BCUT2D eigenvalue weighted by atomic mass is 35.5. The van der Waals surface area contributed by atoms with E-state index < -0.39 is 15.9 Å². The van der Waals surface area contributed by atoms with Gasteiger partial charge in [0, 0.05) is 61.1 Å². The van der Waals surface area contributed by atoms with Gasteiger partial charge in [-0.3, -0.25) is 9.69 Å². The fraction of sp³-hybridized carbons (Fsp3) is 0.317. The van der Waals surface area contributed by atoms with E-state index in [4.69, 9.17) is 16.3 Å². The van der Waals surface area contributed by atoms with E-state index in [2.05, 4.69) is 36.6 Å². The molecule has 9 nitrogen and oxygen atoms in total. The number of hydrogen-bond donors (Lipinski definition) is 2. The van der Waals surface area contributed by atoms with E-state index in [0.717, 1.165) is 72.8 Å². The third-order valence-electron chi connectivity index (χ3n) is 10.5. The summed E-state index contributed by atoms with van der Waals surface area (Å²) in [5, 5.41) is 1.61. The Morgan fingerprint density at radius 1 is 0.904 bits per heavy atom. The second kappa shape index (κ2) is 14.8. The minimum atomic E-state index is -4.19. The average Bonchev–Trinajstić information content (AvgIpc) is 3.59. The number of ether oxygens (including phenoxy) is 1. The lowest BCUT2D eigenvalue weighted by molar-refractivity contribution is 0.0979. The molecule has 5 aromatic rings. The van der Waals surface area contributed by atoms with E-state index in [0.29, 0.717) is 22.5 Å². The number of fused-ring (bicyclic) bond motifs is 1. The van der Waals surface area contributed by atoms with Crippen molar-refractivity contribution in [3.63, 3.8) is 0 Å². The topological polar surface area (TPSA) is 108 Å². The van der Waals surface area contributed by atoms with Crippen molar-refractivity contribution < 1.29 is 17.9 Å². The van der Waals surface area contributed by atoms with Gasteiger partial charge >= 0.3 is 0 Å². The molecule has 270 valence electrons. The lowest BCUT2D eigenvalue weighted by Gasteiger charge is -2.37. The van der Waals surface area contributed by atoms with Crippen LogP contribution in [0, 0.1) is 27.7 Å². The second-order valence-corrected chi connectivity index (χ2v) is 16.0. The number of H-pyrrole nitrogens is 1. The Labute approximate surface area is 310 Å². The summed E-state index contributed by atoms with van der Waals surface area (Å²) in [5.74, 6) is -0.0850. The number of allylic oxidation sites excluding steroid dienone is 1. The van der Waals surface area contributed by atoms with Crippen molar-refractivity contribution in [2.24, 2.45) is 0 Å². The van der Waals surface area contributed by atoms with Crippen LogP contribution in [-0.4, -0.2) is 61.9 Å². The van der Waals surface area contributed by atoms with Crippen LogP contribution in [0.3, 0.4) is 0 Å². The van der Waals surface area contributed by atoms with Crippen molar-refractivity contribution in [2.75, 3.05) is 37.6 Å². The Morgan fingerprint density at radius 3 is 2.42 bits per heavy atom. The molecule has 0 saturated carbocycles. The molecule has 1 aliphatic carbocycles. The van der Waals surface area contributed by atoms with E-state index in [9.17, 15) is 13.2 Å².